The zero-order valence-electron chi connectivity index (χ0n) is 18.5. The van der Waals surface area contributed by atoms with Crippen molar-refractivity contribution in [3.63, 3.8) is 0 Å². The number of carboxylic acid groups (broad SMARTS) is 2. The average Bonchev–Trinajstić information content (AvgIpc) is 2.70. The quantitative estimate of drug-likeness (QED) is 0.0625. The molecule has 0 aromatic carbocycles. The summed E-state index contributed by atoms with van der Waals surface area (Å²) >= 11 is 0. The highest BCUT2D eigenvalue weighted by Crippen LogP contribution is 2.04. The normalized spacial score (nSPS) is 14.3. The standard InChI is InChI=1S/C18H33N7O8/c1-8(2)13(17(32)33)25-16(31)11(7-26)24-15(30)10(4-3-5-22-18(20)21)23-14(29)9(19)6-12(27)28/h8-11,13,26H,3-7,19H2,1-2H3,(H,23,29)(H,24,30)(H,25,31)(H,27,28)(H,32,33)(H4,20,21,22). The Morgan fingerprint density at radius 1 is 0.909 bits per heavy atom. The van der Waals surface area contributed by atoms with E-state index < -0.39 is 72.8 Å². The molecule has 33 heavy (non-hydrogen) atoms. The number of carbonyl (C=O) groups is 5. The summed E-state index contributed by atoms with van der Waals surface area (Å²) in [5.41, 5.74) is 16.0. The second kappa shape index (κ2) is 14.6. The maximum Gasteiger partial charge on any atom is 0.326 e. The number of aliphatic carboxylic acids is 2. The Morgan fingerprint density at radius 2 is 1.45 bits per heavy atom. The van der Waals surface area contributed by atoms with E-state index in [1.54, 1.807) is 13.8 Å². The summed E-state index contributed by atoms with van der Waals surface area (Å²) < 4.78 is 0. The van der Waals surface area contributed by atoms with Gasteiger partial charge in [-0.1, -0.05) is 13.8 Å². The summed E-state index contributed by atoms with van der Waals surface area (Å²) in [4.78, 5) is 63.0. The molecule has 0 radical (unpaired) electrons. The molecule has 15 heteroatoms. The Kier molecular flexibility index (Phi) is 13.0. The zero-order chi connectivity index (χ0) is 25.7. The number of carbonyl (C=O) groups excluding carboxylic acids is 3. The average molecular weight is 476 g/mol. The first kappa shape index (κ1) is 29.5. The minimum absolute atomic E-state index is 0.0162. The van der Waals surface area contributed by atoms with Gasteiger partial charge in [0.1, 0.15) is 18.1 Å². The third-order valence-electron chi connectivity index (χ3n) is 4.36. The Morgan fingerprint density at radius 3 is 1.91 bits per heavy atom. The van der Waals surface area contributed by atoms with Gasteiger partial charge >= 0.3 is 11.9 Å². The maximum atomic E-state index is 12.7. The number of aliphatic hydroxyl groups excluding tert-OH is 1. The van der Waals surface area contributed by atoms with Gasteiger partial charge < -0.3 is 48.5 Å². The van der Waals surface area contributed by atoms with E-state index in [0.717, 1.165) is 0 Å². The van der Waals surface area contributed by atoms with Crippen LogP contribution in [0.15, 0.2) is 4.99 Å². The molecule has 0 spiro atoms. The summed E-state index contributed by atoms with van der Waals surface area (Å²) in [5.74, 6) is -6.02. The van der Waals surface area contributed by atoms with E-state index in [-0.39, 0.29) is 25.3 Å². The molecule has 0 saturated heterocycles. The highest BCUT2D eigenvalue weighted by atomic mass is 16.4. The SMILES string of the molecule is CC(C)C(NC(=O)C(CO)NC(=O)C(CCCN=C(N)N)NC(=O)C(N)CC(=O)O)C(=O)O. The maximum absolute atomic E-state index is 12.7. The van der Waals surface area contributed by atoms with Crippen LogP contribution < -0.4 is 33.2 Å². The second-order valence-corrected chi connectivity index (χ2v) is 7.53. The number of hydrogen-bond donors (Lipinski definition) is 9. The van der Waals surface area contributed by atoms with E-state index in [4.69, 9.17) is 22.3 Å². The van der Waals surface area contributed by atoms with E-state index in [2.05, 4.69) is 20.9 Å². The predicted octanol–water partition coefficient (Wildman–Crippen LogP) is -3.97. The van der Waals surface area contributed by atoms with Crippen molar-refractivity contribution < 1.29 is 39.3 Å². The van der Waals surface area contributed by atoms with E-state index in [9.17, 15) is 34.2 Å². The van der Waals surface area contributed by atoms with E-state index in [0.29, 0.717) is 0 Å². The monoisotopic (exact) mass is 475 g/mol. The van der Waals surface area contributed by atoms with Crippen molar-refractivity contribution in [3.8, 4) is 0 Å². The number of aliphatic imine (C=N–C) groups is 1. The van der Waals surface area contributed by atoms with Crippen LogP contribution in [0.25, 0.3) is 0 Å². The van der Waals surface area contributed by atoms with Crippen molar-refractivity contribution in [3.05, 3.63) is 0 Å². The second-order valence-electron chi connectivity index (χ2n) is 7.53. The number of nitrogens with two attached hydrogens (primary N) is 3. The number of aliphatic hydroxyl groups is 1. The molecule has 15 nitrogen and oxygen atoms in total. The van der Waals surface area contributed by atoms with E-state index in [1.807, 2.05) is 0 Å². The summed E-state index contributed by atoms with van der Waals surface area (Å²) in [6, 6.07) is -5.47. The van der Waals surface area contributed by atoms with Crippen molar-refractivity contribution in [2.75, 3.05) is 13.2 Å². The van der Waals surface area contributed by atoms with Gasteiger partial charge in [0.15, 0.2) is 5.96 Å². The molecule has 0 bridgehead atoms. The number of hydrogen-bond acceptors (Lipinski definition) is 8. The molecule has 0 saturated carbocycles. The highest BCUT2D eigenvalue weighted by Gasteiger charge is 2.31. The topological polar surface area (TPSA) is 273 Å². The lowest BCUT2D eigenvalue weighted by Gasteiger charge is -2.25. The fourth-order valence-electron chi connectivity index (χ4n) is 2.57. The number of carboxylic acids is 2. The van der Waals surface area contributed by atoms with Crippen LogP contribution >= 0.6 is 0 Å². The van der Waals surface area contributed by atoms with Gasteiger partial charge in [-0.3, -0.25) is 24.2 Å². The van der Waals surface area contributed by atoms with Crippen molar-refractivity contribution in [1.82, 2.24) is 16.0 Å². The molecule has 4 atom stereocenters. The molecule has 0 aliphatic carbocycles. The van der Waals surface area contributed by atoms with Gasteiger partial charge in [-0.2, -0.15) is 0 Å². The number of amides is 3. The number of rotatable bonds is 15. The molecule has 3 amide bonds. The Bertz CT molecular complexity index is 739. The number of nitrogens with zero attached hydrogens (tertiary/aromatic N) is 1. The van der Waals surface area contributed by atoms with Gasteiger partial charge in [0.05, 0.1) is 19.1 Å². The molecule has 0 aromatic heterocycles. The van der Waals surface area contributed by atoms with Gasteiger partial charge in [0.25, 0.3) is 0 Å². The molecule has 4 unspecified atom stereocenters. The van der Waals surface area contributed by atoms with Crippen molar-refractivity contribution >= 4 is 35.6 Å². The molecule has 0 heterocycles. The Hall–Kier alpha value is -3.46. The fraction of sp³-hybridized carbons (Fsp3) is 0.667. The lowest BCUT2D eigenvalue weighted by atomic mass is 10.0. The lowest BCUT2D eigenvalue weighted by molar-refractivity contribution is -0.143. The predicted molar refractivity (Wildman–Crippen MR) is 115 cm³/mol. The van der Waals surface area contributed by atoms with Crippen LogP contribution in [0.2, 0.25) is 0 Å². The van der Waals surface area contributed by atoms with Gasteiger partial charge in [0.2, 0.25) is 17.7 Å². The third kappa shape index (κ3) is 11.6. The Balaban J connectivity index is 5.37. The van der Waals surface area contributed by atoms with Gasteiger partial charge in [-0.25, -0.2) is 4.79 Å². The van der Waals surface area contributed by atoms with Crippen LogP contribution in [-0.2, 0) is 24.0 Å². The van der Waals surface area contributed by atoms with Crippen LogP contribution in [0.5, 0.6) is 0 Å². The molecule has 0 aliphatic heterocycles. The summed E-state index contributed by atoms with van der Waals surface area (Å²) in [6.45, 7) is 2.39. The van der Waals surface area contributed by atoms with Crippen LogP contribution in [-0.4, -0.2) is 88.3 Å². The molecule has 0 rings (SSSR count). The fourth-order valence-corrected chi connectivity index (χ4v) is 2.57. The van der Waals surface area contributed by atoms with Gasteiger partial charge in [-0.05, 0) is 18.8 Å². The molecule has 0 aromatic rings. The minimum Gasteiger partial charge on any atom is -0.481 e. The molecule has 0 aliphatic rings. The molecular formula is C18H33N7O8. The highest BCUT2D eigenvalue weighted by molar-refractivity contribution is 5.94. The largest absolute Gasteiger partial charge is 0.481 e. The van der Waals surface area contributed by atoms with Crippen molar-refractivity contribution in [2.24, 2.45) is 28.1 Å². The van der Waals surface area contributed by atoms with E-state index in [1.165, 1.54) is 0 Å². The molecular weight excluding hydrogens is 442 g/mol. The first-order chi connectivity index (χ1) is 15.3. The van der Waals surface area contributed by atoms with E-state index >= 15 is 0 Å². The third-order valence-corrected chi connectivity index (χ3v) is 4.36. The number of guanidine groups is 1. The summed E-state index contributed by atoms with van der Waals surface area (Å²) in [5, 5.41) is 34.2. The number of nitrogens with one attached hydrogen (secondary N) is 3. The lowest BCUT2D eigenvalue weighted by Crippen LogP contribution is -2.58. The van der Waals surface area contributed by atoms with Crippen molar-refractivity contribution in [1.29, 1.82) is 0 Å². The van der Waals surface area contributed by atoms with Crippen LogP contribution in [0, 0.1) is 5.92 Å². The molecule has 188 valence electrons. The Labute approximate surface area is 190 Å². The van der Waals surface area contributed by atoms with Crippen LogP contribution in [0.1, 0.15) is 33.1 Å². The minimum atomic E-state index is -1.51. The first-order valence-electron chi connectivity index (χ1n) is 10.1. The molecule has 0 fully saturated rings. The molecule has 12 N–H and O–H groups in total. The first-order valence-corrected chi connectivity index (χ1v) is 10.1. The summed E-state index contributed by atoms with van der Waals surface area (Å²) in [7, 11) is 0. The smallest absolute Gasteiger partial charge is 0.326 e. The van der Waals surface area contributed by atoms with Crippen LogP contribution in [0.3, 0.4) is 0 Å². The summed E-state index contributed by atoms with van der Waals surface area (Å²) in [6.07, 6.45) is -0.478. The van der Waals surface area contributed by atoms with Gasteiger partial charge in [-0.15, -0.1) is 0 Å². The van der Waals surface area contributed by atoms with Gasteiger partial charge in [0, 0.05) is 6.54 Å². The van der Waals surface area contributed by atoms with Crippen LogP contribution in [0.4, 0.5) is 0 Å². The van der Waals surface area contributed by atoms with Crippen molar-refractivity contribution in [2.45, 2.75) is 57.3 Å². The zero-order valence-corrected chi connectivity index (χ0v) is 18.5.